The van der Waals surface area contributed by atoms with Crippen LogP contribution < -0.4 is 0 Å². The number of fused-ring (bicyclic) bond motifs is 1. The lowest BCUT2D eigenvalue weighted by Gasteiger charge is -2.34. The summed E-state index contributed by atoms with van der Waals surface area (Å²) in [6.45, 7) is 6.91. The molecule has 0 spiro atoms. The molecular formula is C19H28N4O3. The molecule has 1 aromatic carbocycles. The van der Waals surface area contributed by atoms with Crippen LogP contribution in [-0.4, -0.2) is 76.4 Å². The maximum absolute atomic E-state index is 10.8. The molecule has 0 saturated carbocycles. The zero-order chi connectivity index (χ0) is 18.5. The average molecular weight is 360 g/mol. The van der Waals surface area contributed by atoms with Crippen molar-refractivity contribution in [2.45, 2.75) is 32.5 Å². The highest BCUT2D eigenvalue weighted by Gasteiger charge is 2.24. The minimum absolute atomic E-state index is 0.0251. The molecule has 3 rings (SSSR count). The first-order chi connectivity index (χ1) is 12.6. The van der Waals surface area contributed by atoms with Crippen LogP contribution in [0, 0.1) is 0 Å². The van der Waals surface area contributed by atoms with Crippen LogP contribution in [0.5, 0.6) is 0 Å². The van der Waals surface area contributed by atoms with Crippen molar-refractivity contribution in [3.63, 3.8) is 0 Å². The van der Waals surface area contributed by atoms with Crippen molar-refractivity contribution in [3.05, 3.63) is 30.1 Å². The predicted octanol–water partition coefficient (Wildman–Crippen LogP) is 1.66. The molecule has 0 aliphatic carbocycles. The fourth-order valence-electron chi connectivity index (χ4n) is 3.60. The molecule has 142 valence electrons. The molecular weight excluding hydrogens is 332 g/mol. The number of aliphatic carboxylic acids is 1. The molecule has 1 atom stereocenters. The van der Waals surface area contributed by atoms with Gasteiger partial charge in [0.1, 0.15) is 5.82 Å². The van der Waals surface area contributed by atoms with Crippen LogP contribution in [0.15, 0.2) is 24.3 Å². The Hall–Kier alpha value is -1.96. The van der Waals surface area contributed by atoms with E-state index in [0.29, 0.717) is 13.2 Å². The van der Waals surface area contributed by atoms with E-state index in [1.807, 2.05) is 13.1 Å². The van der Waals surface area contributed by atoms with Crippen LogP contribution in [0.1, 0.15) is 19.2 Å². The lowest BCUT2D eigenvalue weighted by molar-refractivity contribution is -0.138. The maximum Gasteiger partial charge on any atom is 0.317 e. The van der Waals surface area contributed by atoms with E-state index in [4.69, 9.17) is 14.8 Å². The number of likely N-dealkylation sites (N-methyl/N-ethyl adjacent to an activating group) is 1. The second kappa shape index (κ2) is 8.62. The van der Waals surface area contributed by atoms with E-state index in [-0.39, 0.29) is 12.6 Å². The van der Waals surface area contributed by atoms with Crippen LogP contribution in [0.3, 0.4) is 0 Å². The van der Waals surface area contributed by atoms with Gasteiger partial charge in [-0.05, 0) is 25.6 Å². The Bertz CT molecular complexity index is 745. The van der Waals surface area contributed by atoms with Crippen molar-refractivity contribution < 1.29 is 14.6 Å². The van der Waals surface area contributed by atoms with Gasteiger partial charge in [0.25, 0.3) is 0 Å². The number of rotatable bonds is 8. The normalized spacial score (nSPS) is 18.7. The maximum atomic E-state index is 10.8. The number of carboxylic acids is 1. The van der Waals surface area contributed by atoms with Gasteiger partial charge in [-0.15, -0.1) is 0 Å². The molecule has 0 bridgehead atoms. The number of para-hydroxylation sites is 2. The second-order valence-electron chi connectivity index (χ2n) is 6.99. The highest BCUT2D eigenvalue weighted by molar-refractivity contribution is 5.75. The molecule has 1 unspecified atom stereocenters. The minimum atomic E-state index is -0.812. The predicted molar refractivity (Wildman–Crippen MR) is 100 cm³/mol. The Labute approximate surface area is 154 Å². The molecule has 26 heavy (non-hydrogen) atoms. The Balaban J connectivity index is 1.67. The number of aromatic nitrogens is 2. The van der Waals surface area contributed by atoms with Gasteiger partial charge in [0.2, 0.25) is 0 Å². The van der Waals surface area contributed by atoms with Crippen LogP contribution >= 0.6 is 0 Å². The molecule has 1 aliphatic heterocycles. The molecule has 1 saturated heterocycles. The fourth-order valence-corrected chi connectivity index (χ4v) is 3.60. The summed E-state index contributed by atoms with van der Waals surface area (Å²) in [5.41, 5.74) is 2.23. The first-order valence-corrected chi connectivity index (χ1v) is 9.25. The van der Waals surface area contributed by atoms with Crippen molar-refractivity contribution in [2.75, 3.05) is 39.8 Å². The molecule has 1 N–H and O–H groups in total. The molecule has 1 aliphatic rings. The van der Waals surface area contributed by atoms with E-state index in [2.05, 4.69) is 34.6 Å². The van der Waals surface area contributed by atoms with E-state index in [9.17, 15) is 4.79 Å². The molecule has 1 fully saturated rings. The summed E-state index contributed by atoms with van der Waals surface area (Å²) in [6, 6.07) is 8.28. The third-order valence-corrected chi connectivity index (χ3v) is 4.69. The molecule has 1 aromatic heterocycles. The first-order valence-electron chi connectivity index (χ1n) is 9.25. The SMILES string of the molecule is CCCn1c(CN2CCOC(CN(C)CC(=O)O)C2)nc2ccccc21. The topological polar surface area (TPSA) is 70.8 Å². The van der Waals surface area contributed by atoms with Gasteiger partial charge in [-0.3, -0.25) is 14.6 Å². The molecule has 0 radical (unpaired) electrons. The van der Waals surface area contributed by atoms with E-state index in [1.54, 1.807) is 4.90 Å². The zero-order valence-corrected chi connectivity index (χ0v) is 15.6. The number of hydrogen-bond acceptors (Lipinski definition) is 5. The molecule has 2 aromatic rings. The lowest BCUT2D eigenvalue weighted by Crippen LogP contribution is -2.47. The van der Waals surface area contributed by atoms with Crippen LogP contribution in [0.25, 0.3) is 11.0 Å². The van der Waals surface area contributed by atoms with Crippen LogP contribution in [0.2, 0.25) is 0 Å². The number of carboxylic acid groups (broad SMARTS) is 1. The number of aryl methyl sites for hydroxylation is 1. The van der Waals surface area contributed by atoms with Gasteiger partial charge in [-0.2, -0.15) is 0 Å². The number of nitrogens with zero attached hydrogens (tertiary/aromatic N) is 4. The monoisotopic (exact) mass is 360 g/mol. The van der Waals surface area contributed by atoms with Crippen molar-refractivity contribution >= 4 is 17.0 Å². The minimum Gasteiger partial charge on any atom is -0.480 e. The van der Waals surface area contributed by atoms with Gasteiger partial charge in [-0.25, -0.2) is 4.98 Å². The quantitative estimate of drug-likeness (QED) is 0.772. The van der Waals surface area contributed by atoms with Gasteiger partial charge < -0.3 is 14.4 Å². The Morgan fingerprint density at radius 1 is 1.42 bits per heavy atom. The number of imidazole rings is 1. The highest BCUT2D eigenvalue weighted by atomic mass is 16.5. The van der Waals surface area contributed by atoms with Crippen molar-refractivity contribution in [1.29, 1.82) is 0 Å². The standard InChI is InChI=1S/C19H28N4O3/c1-3-8-23-17-7-5-4-6-16(17)20-18(23)13-22-9-10-26-15(12-22)11-21(2)14-19(24)25/h4-7,15H,3,8-14H2,1-2H3,(H,24,25). The van der Waals surface area contributed by atoms with Gasteiger partial charge in [0.15, 0.2) is 0 Å². The van der Waals surface area contributed by atoms with Crippen molar-refractivity contribution in [2.24, 2.45) is 0 Å². The Kier molecular flexibility index (Phi) is 6.24. The van der Waals surface area contributed by atoms with E-state index in [0.717, 1.165) is 43.9 Å². The second-order valence-corrected chi connectivity index (χ2v) is 6.99. The smallest absolute Gasteiger partial charge is 0.317 e. The van der Waals surface area contributed by atoms with E-state index < -0.39 is 5.97 Å². The van der Waals surface area contributed by atoms with Gasteiger partial charge in [0, 0.05) is 26.2 Å². The third-order valence-electron chi connectivity index (χ3n) is 4.69. The van der Waals surface area contributed by atoms with Crippen molar-refractivity contribution in [3.8, 4) is 0 Å². The summed E-state index contributed by atoms with van der Waals surface area (Å²) < 4.78 is 8.15. The number of ether oxygens (including phenoxy) is 1. The van der Waals surface area contributed by atoms with E-state index in [1.165, 1.54) is 5.52 Å². The van der Waals surface area contributed by atoms with E-state index >= 15 is 0 Å². The molecule has 2 heterocycles. The summed E-state index contributed by atoms with van der Waals surface area (Å²) in [5.74, 6) is 0.279. The summed E-state index contributed by atoms with van der Waals surface area (Å²) in [7, 11) is 1.82. The molecule has 7 heteroatoms. The molecule has 0 amide bonds. The zero-order valence-electron chi connectivity index (χ0n) is 15.6. The third kappa shape index (κ3) is 4.60. The Morgan fingerprint density at radius 2 is 2.23 bits per heavy atom. The summed E-state index contributed by atoms with van der Waals surface area (Å²) in [4.78, 5) is 19.8. The summed E-state index contributed by atoms with van der Waals surface area (Å²) in [5, 5.41) is 8.91. The van der Waals surface area contributed by atoms with Crippen LogP contribution in [-0.2, 0) is 22.6 Å². The average Bonchev–Trinajstić information content (AvgIpc) is 2.92. The fraction of sp³-hybridized carbons (Fsp3) is 0.579. The summed E-state index contributed by atoms with van der Waals surface area (Å²) in [6.07, 6.45) is 1.09. The van der Waals surface area contributed by atoms with Gasteiger partial charge in [-0.1, -0.05) is 19.1 Å². The first kappa shape index (κ1) is 18.8. The van der Waals surface area contributed by atoms with Gasteiger partial charge in [0.05, 0.1) is 36.8 Å². The van der Waals surface area contributed by atoms with Gasteiger partial charge >= 0.3 is 5.97 Å². The number of carbonyl (C=O) groups is 1. The van der Waals surface area contributed by atoms with Crippen molar-refractivity contribution in [1.82, 2.24) is 19.4 Å². The summed E-state index contributed by atoms with van der Waals surface area (Å²) >= 11 is 0. The van der Waals surface area contributed by atoms with Crippen LogP contribution in [0.4, 0.5) is 0 Å². The number of morpholine rings is 1. The Morgan fingerprint density at radius 3 is 3.00 bits per heavy atom. The lowest BCUT2D eigenvalue weighted by atomic mass is 10.2. The highest BCUT2D eigenvalue weighted by Crippen LogP contribution is 2.19. The number of benzene rings is 1. The number of hydrogen-bond donors (Lipinski definition) is 1. The molecule has 7 nitrogen and oxygen atoms in total. The largest absolute Gasteiger partial charge is 0.480 e.